The summed E-state index contributed by atoms with van der Waals surface area (Å²) in [7, 11) is 0. The molecule has 110 valence electrons. The minimum Gasteiger partial charge on any atom is -0.355 e. The average Bonchev–Trinajstić information content (AvgIpc) is 2.50. The third kappa shape index (κ3) is 4.94. The average molecular weight is 299 g/mol. The van der Waals surface area contributed by atoms with Gasteiger partial charge in [-0.25, -0.2) is 0 Å². The molecule has 1 amide bonds. The number of amides is 1. The molecule has 2 aromatic carbocycles. The van der Waals surface area contributed by atoms with Gasteiger partial charge in [0.2, 0.25) is 5.91 Å². The monoisotopic (exact) mass is 299 g/mol. The Morgan fingerprint density at radius 1 is 1.10 bits per heavy atom. The van der Waals surface area contributed by atoms with E-state index >= 15 is 0 Å². The van der Waals surface area contributed by atoms with Crippen LogP contribution in [0.1, 0.15) is 18.1 Å². The summed E-state index contributed by atoms with van der Waals surface area (Å²) in [5.41, 5.74) is 2.57. The summed E-state index contributed by atoms with van der Waals surface area (Å²) in [5, 5.41) is 2.94. The predicted octanol–water partition coefficient (Wildman–Crippen LogP) is 3.83. The fourth-order valence-corrected chi connectivity index (χ4v) is 3.02. The van der Waals surface area contributed by atoms with Crippen molar-refractivity contribution in [1.29, 1.82) is 0 Å². The van der Waals surface area contributed by atoms with Gasteiger partial charge >= 0.3 is 0 Å². The van der Waals surface area contributed by atoms with Crippen molar-refractivity contribution in [3.63, 3.8) is 0 Å². The number of hydrogen-bond acceptors (Lipinski definition) is 2. The number of benzene rings is 2. The number of carbonyl (C=O) groups is 1. The van der Waals surface area contributed by atoms with Gasteiger partial charge in [0.1, 0.15) is 0 Å². The number of carbonyl (C=O) groups excluding carboxylic acids is 1. The molecule has 21 heavy (non-hydrogen) atoms. The zero-order valence-electron chi connectivity index (χ0n) is 12.5. The van der Waals surface area contributed by atoms with E-state index in [-0.39, 0.29) is 11.2 Å². The highest BCUT2D eigenvalue weighted by atomic mass is 32.2. The largest absolute Gasteiger partial charge is 0.355 e. The Labute approximate surface area is 131 Å². The molecule has 0 aliphatic heterocycles. The van der Waals surface area contributed by atoms with Crippen LogP contribution in [0, 0.1) is 6.92 Å². The molecular weight excluding hydrogens is 278 g/mol. The summed E-state index contributed by atoms with van der Waals surface area (Å²) in [6.07, 6.45) is 0.876. The van der Waals surface area contributed by atoms with Crippen molar-refractivity contribution in [2.75, 3.05) is 6.54 Å². The van der Waals surface area contributed by atoms with Crippen LogP contribution in [0.4, 0.5) is 0 Å². The van der Waals surface area contributed by atoms with Crippen LogP contribution in [0.25, 0.3) is 0 Å². The number of nitrogens with one attached hydrogen (secondary N) is 1. The summed E-state index contributed by atoms with van der Waals surface area (Å²) in [4.78, 5) is 13.2. The van der Waals surface area contributed by atoms with Gasteiger partial charge in [0, 0.05) is 11.4 Å². The molecule has 0 saturated heterocycles. The minimum atomic E-state index is -0.0794. The van der Waals surface area contributed by atoms with E-state index in [0.29, 0.717) is 6.54 Å². The highest BCUT2D eigenvalue weighted by Crippen LogP contribution is 2.22. The third-order valence-corrected chi connectivity index (χ3v) is 4.49. The number of hydrogen-bond donors (Lipinski definition) is 1. The molecule has 2 aromatic rings. The molecule has 0 spiro atoms. The van der Waals surface area contributed by atoms with Gasteiger partial charge < -0.3 is 5.32 Å². The van der Waals surface area contributed by atoms with Gasteiger partial charge in [-0.2, -0.15) is 0 Å². The lowest BCUT2D eigenvalue weighted by atomic mass is 10.1. The van der Waals surface area contributed by atoms with Crippen molar-refractivity contribution < 1.29 is 4.79 Å². The molecule has 0 fully saturated rings. The van der Waals surface area contributed by atoms with Crippen molar-refractivity contribution >= 4 is 17.7 Å². The predicted molar refractivity (Wildman–Crippen MR) is 89.7 cm³/mol. The van der Waals surface area contributed by atoms with Crippen molar-refractivity contribution in [1.82, 2.24) is 5.32 Å². The van der Waals surface area contributed by atoms with Crippen LogP contribution in [0.3, 0.4) is 0 Å². The highest BCUT2D eigenvalue weighted by Gasteiger charge is 2.13. The number of rotatable bonds is 6. The molecule has 0 saturated carbocycles. The first-order valence-electron chi connectivity index (χ1n) is 7.21. The van der Waals surface area contributed by atoms with Crippen molar-refractivity contribution in [2.45, 2.75) is 30.4 Å². The van der Waals surface area contributed by atoms with Crippen LogP contribution in [-0.4, -0.2) is 17.7 Å². The fourth-order valence-electron chi connectivity index (χ4n) is 2.11. The van der Waals surface area contributed by atoms with Crippen LogP contribution in [0.2, 0.25) is 0 Å². The Bertz CT molecular complexity index is 583. The van der Waals surface area contributed by atoms with E-state index in [4.69, 9.17) is 0 Å². The molecule has 0 aliphatic rings. The zero-order chi connectivity index (χ0) is 15.1. The molecule has 3 heteroatoms. The summed E-state index contributed by atoms with van der Waals surface area (Å²) in [5.74, 6) is 0.0948. The SMILES string of the molecule is Cc1ccccc1CCNC(=O)[C@H](C)Sc1ccccc1. The molecular formula is C18H21NOS. The fraction of sp³-hybridized carbons (Fsp3) is 0.278. The van der Waals surface area contributed by atoms with E-state index in [1.165, 1.54) is 11.1 Å². The Morgan fingerprint density at radius 2 is 1.76 bits per heavy atom. The smallest absolute Gasteiger partial charge is 0.233 e. The molecule has 2 nitrogen and oxygen atoms in total. The van der Waals surface area contributed by atoms with Gasteiger partial charge in [0.05, 0.1) is 5.25 Å². The molecule has 0 aliphatic carbocycles. The van der Waals surface area contributed by atoms with Crippen LogP contribution in [-0.2, 0) is 11.2 Å². The van der Waals surface area contributed by atoms with Gasteiger partial charge in [-0.1, -0.05) is 42.5 Å². The molecule has 2 rings (SSSR count). The van der Waals surface area contributed by atoms with Crippen molar-refractivity contribution in [3.05, 3.63) is 65.7 Å². The van der Waals surface area contributed by atoms with Gasteiger partial charge in [0.15, 0.2) is 0 Å². The second kappa shape index (κ2) is 7.89. The van der Waals surface area contributed by atoms with E-state index in [2.05, 4.69) is 24.4 Å². The number of thioether (sulfide) groups is 1. The van der Waals surface area contributed by atoms with Gasteiger partial charge in [-0.3, -0.25) is 4.79 Å². The Balaban J connectivity index is 1.78. The van der Waals surface area contributed by atoms with Crippen molar-refractivity contribution in [3.8, 4) is 0 Å². The third-order valence-electron chi connectivity index (χ3n) is 3.38. The van der Waals surface area contributed by atoms with E-state index in [1.54, 1.807) is 11.8 Å². The lowest BCUT2D eigenvalue weighted by molar-refractivity contribution is -0.120. The van der Waals surface area contributed by atoms with E-state index in [0.717, 1.165) is 11.3 Å². The summed E-state index contributed by atoms with van der Waals surface area (Å²) in [6.45, 7) is 4.73. The Morgan fingerprint density at radius 3 is 2.48 bits per heavy atom. The summed E-state index contributed by atoms with van der Waals surface area (Å²) in [6, 6.07) is 18.3. The number of aryl methyl sites for hydroxylation is 1. The van der Waals surface area contributed by atoms with Crippen LogP contribution >= 0.6 is 11.8 Å². The molecule has 0 aromatic heterocycles. The zero-order valence-corrected chi connectivity index (χ0v) is 13.3. The highest BCUT2D eigenvalue weighted by molar-refractivity contribution is 8.00. The molecule has 0 radical (unpaired) electrons. The van der Waals surface area contributed by atoms with Crippen LogP contribution in [0.5, 0.6) is 0 Å². The summed E-state index contributed by atoms with van der Waals surface area (Å²) < 4.78 is 0. The first kappa shape index (κ1) is 15.6. The normalized spacial score (nSPS) is 11.9. The van der Waals surface area contributed by atoms with Gasteiger partial charge in [-0.15, -0.1) is 11.8 Å². The maximum Gasteiger partial charge on any atom is 0.233 e. The van der Waals surface area contributed by atoms with Crippen LogP contribution < -0.4 is 5.32 Å². The van der Waals surface area contributed by atoms with Gasteiger partial charge in [0.25, 0.3) is 0 Å². The van der Waals surface area contributed by atoms with E-state index in [9.17, 15) is 4.79 Å². The Hall–Kier alpha value is -1.74. The molecule has 1 N–H and O–H groups in total. The lowest BCUT2D eigenvalue weighted by Gasteiger charge is -2.12. The molecule has 0 bridgehead atoms. The first-order chi connectivity index (χ1) is 10.2. The van der Waals surface area contributed by atoms with E-state index in [1.807, 2.05) is 49.4 Å². The molecule has 0 unspecified atom stereocenters. The lowest BCUT2D eigenvalue weighted by Crippen LogP contribution is -2.32. The Kier molecular flexibility index (Phi) is 5.88. The summed E-state index contributed by atoms with van der Waals surface area (Å²) >= 11 is 1.59. The van der Waals surface area contributed by atoms with Crippen molar-refractivity contribution in [2.24, 2.45) is 0 Å². The quantitative estimate of drug-likeness (QED) is 0.821. The maximum atomic E-state index is 12.1. The van der Waals surface area contributed by atoms with Gasteiger partial charge in [-0.05, 0) is 43.5 Å². The standard InChI is InChI=1S/C18H21NOS/c1-14-8-6-7-9-16(14)12-13-19-18(20)15(2)21-17-10-4-3-5-11-17/h3-11,15H,12-13H2,1-2H3,(H,19,20)/t15-/m0/s1. The second-order valence-corrected chi connectivity index (χ2v) is 6.45. The molecule has 0 heterocycles. The van der Waals surface area contributed by atoms with Crippen LogP contribution in [0.15, 0.2) is 59.5 Å². The first-order valence-corrected chi connectivity index (χ1v) is 8.08. The second-order valence-electron chi connectivity index (χ2n) is 5.04. The molecule has 1 atom stereocenters. The topological polar surface area (TPSA) is 29.1 Å². The van der Waals surface area contributed by atoms with E-state index < -0.39 is 0 Å². The minimum absolute atomic E-state index is 0.0794. The maximum absolute atomic E-state index is 12.1.